The van der Waals surface area contributed by atoms with Crippen LogP contribution in [0.2, 0.25) is 0 Å². The summed E-state index contributed by atoms with van der Waals surface area (Å²) >= 11 is 0. The van der Waals surface area contributed by atoms with Crippen LogP contribution in [0, 0.1) is 5.41 Å². The normalized spacial score (nSPS) is 10.2. The number of guanidine groups is 2. The highest BCUT2D eigenvalue weighted by atomic mass is 16.1. The van der Waals surface area contributed by atoms with Crippen molar-refractivity contribution in [1.82, 2.24) is 19.9 Å². The molecule has 0 aliphatic heterocycles. The molecule has 1 heterocycles. The number of carbonyl (C=O) groups excluding carboxylic acids is 1. The molecule has 0 aliphatic carbocycles. The second-order valence-electron chi connectivity index (χ2n) is 4.97. The van der Waals surface area contributed by atoms with Gasteiger partial charge in [0.05, 0.1) is 18.4 Å². The molecule has 1 aromatic carbocycles. The summed E-state index contributed by atoms with van der Waals surface area (Å²) in [5.74, 6) is -0.225. The molecule has 0 radical (unpaired) electrons. The number of aliphatic imine (C=N–C) groups is 1. The summed E-state index contributed by atoms with van der Waals surface area (Å²) in [6.07, 6.45) is 1.74. The van der Waals surface area contributed by atoms with Crippen molar-refractivity contribution in [3.8, 4) is 5.69 Å². The van der Waals surface area contributed by atoms with Crippen LogP contribution < -0.4 is 11.5 Å². The monoisotopic (exact) mass is 314 g/mol. The largest absolute Gasteiger partial charge is 0.370 e. The summed E-state index contributed by atoms with van der Waals surface area (Å²) in [6, 6.07) is 7.06. The lowest BCUT2D eigenvalue weighted by molar-refractivity contribution is 0.101. The van der Waals surface area contributed by atoms with E-state index < -0.39 is 0 Å². The van der Waals surface area contributed by atoms with Crippen LogP contribution in [0.1, 0.15) is 23.0 Å². The van der Waals surface area contributed by atoms with Crippen molar-refractivity contribution in [1.29, 1.82) is 5.41 Å². The number of nitrogens with one attached hydrogen (secondary N) is 1. The van der Waals surface area contributed by atoms with Crippen molar-refractivity contribution >= 4 is 17.7 Å². The Labute approximate surface area is 133 Å². The fourth-order valence-corrected chi connectivity index (χ4v) is 1.87. The highest BCUT2D eigenvalue weighted by molar-refractivity contribution is 5.94. The average Bonchev–Trinajstić information content (AvgIpc) is 2.95. The van der Waals surface area contributed by atoms with E-state index in [4.69, 9.17) is 16.9 Å². The number of nitrogens with two attached hydrogens (primary N) is 2. The van der Waals surface area contributed by atoms with Gasteiger partial charge < -0.3 is 16.4 Å². The van der Waals surface area contributed by atoms with E-state index in [1.54, 1.807) is 42.2 Å². The predicted molar refractivity (Wildman–Crippen MR) is 86.4 cm³/mol. The molecule has 2 rings (SSSR count). The van der Waals surface area contributed by atoms with Crippen LogP contribution in [-0.4, -0.2) is 44.6 Å². The third kappa shape index (κ3) is 4.13. The number of hydrogen-bond acceptors (Lipinski definition) is 4. The van der Waals surface area contributed by atoms with Crippen molar-refractivity contribution in [3.05, 3.63) is 41.7 Å². The number of hydrogen-bond donors (Lipinski definition) is 3. The molecular weight excluding hydrogens is 296 g/mol. The Balaban J connectivity index is 2.10. The lowest BCUT2D eigenvalue weighted by Gasteiger charge is -2.14. The standard InChI is InChI=1S/C14H18N8O/c1-9(23)10-3-5-12(6-4-10)22-8-11(19-20-22)7-21(2)14(17)18-13(15)16/h3-6,8H,7H2,1-2H3,(H5,15,16,17,18). The third-order valence-electron chi connectivity index (χ3n) is 3.07. The van der Waals surface area contributed by atoms with E-state index in [1.807, 2.05) is 0 Å². The van der Waals surface area contributed by atoms with Gasteiger partial charge in [0.2, 0.25) is 5.96 Å². The van der Waals surface area contributed by atoms with Gasteiger partial charge in [-0.2, -0.15) is 4.99 Å². The predicted octanol–water partition coefficient (Wildman–Crippen LogP) is 0.110. The number of carbonyl (C=O) groups is 1. The van der Waals surface area contributed by atoms with Crippen molar-refractivity contribution in [2.45, 2.75) is 13.5 Å². The molecule has 5 N–H and O–H groups in total. The molecule has 0 saturated carbocycles. The van der Waals surface area contributed by atoms with Crippen molar-refractivity contribution in [3.63, 3.8) is 0 Å². The zero-order chi connectivity index (χ0) is 17.0. The van der Waals surface area contributed by atoms with E-state index in [1.165, 1.54) is 11.8 Å². The summed E-state index contributed by atoms with van der Waals surface area (Å²) in [5, 5.41) is 15.8. The fraction of sp³-hybridized carbons (Fsp3) is 0.214. The van der Waals surface area contributed by atoms with E-state index in [2.05, 4.69) is 15.3 Å². The lowest BCUT2D eigenvalue weighted by Crippen LogP contribution is -2.30. The highest BCUT2D eigenvalue weighted by Crippen LogP contribution is 2.10. The molecule has 0 amide bonds. The van der Waals surface area contributed by atoms with Crippen LogP contribution in [0.4, 0.5) is 0 Å². The maximum atomic E-state index is 11.3. The Hall–Kier alpha value is -3.23. The minimum absolute atomic E-state index is 0.00991. The summed E-state index contributed by atoms with van der Waals surface area (Å²) in [5.41, 5.74) is 12.6. The van der Waals surface area contributed by atoms with Gasteiger partial charge in [-0.25, -0.2) is 4.68 Å². The molecular formula is C14H18N8O. The van der Waals surface area contributed by atoms with E-state index >= 15 is 0 Å². The molecule has 23 heavy (non-hydrogen) atoms. The lowest BCUT2D eigenvalue weighted by atomic mass is 10.1. The van der Waals surface area contributed by atoms with Crippen LogP contribution in [0.5, 0.6) is 0 Å². The van der Waals surface area contributed by atoms with Crippen LogP contribution >= 0.6 is 0 Å². The minimum atomic E-state index is -0.170. The number of benzene rings is 1. The molecule has 0 bridgehead atoms. The first-order valence-electron chi connectivity index (χ1n) is 6.78. The molecule has 0 saturated heterocycles. The third-order valence-corrected chi connectivity index (χ3v) is 3.07. The van der Waals surface area contributed by atoms with Crippen molar-refractivity contribution in [2.24, 2.45) is 16.5 Å². The van der Waals surface area contributed by atoms with E-state index in [-0.39, 0.29) is 17.7 Å². The summed E-state index contributed by atoms with van der Waals surface area (Å²) in [7, 11) is 1.68. The topological polar surface area (TPSA) is 139 Å². The van der Waals surface area contributed by atoms with Gasteiger partial charge in [-0.3, -0.25) is 10.2 Å². The van der Waals surface area contributed by atoms with E-state index in [9.17, 15) is 4.79 Å². The molecule has 1 aromatic heterocycles. The van der Waals surface area contributed by atoms with Crippen LogP contribution in [0.3, 0.4) is 0 Å². The SMILES string of the molecule is CC(=O)c1ccc(-n2cc(CN(C)C(=N)N=C(N)N)nn2)cc1. The van der Waals surface area contributed by atoms with Crippen molar-refractivity contribution < 1.29 is 4.79 Å². The van der Waals surface area contributed by atoms with Crippen molar-refractivity contribution in [2.75, 3.05) is 7.05 Å². The molecule has 9 nitrogen and oxygen atoms in total. The first-order chi connectivity index (χ1) is 10.9. The molecule has 2 aromatic rings. The smallest absolute Gasteiger partial charge is 0.221 e. The Morgan fingerprint density at radius 2 is 2.00 bits per heavy atom. The Morgan fingerprint density at radius 3 is 2.57 bits per heavy atom. The minimum Gasteiger partial charge on any atom is -0.370 e. The van der Waals surface area contributed by atoms with Gasteiger partial charge in [-0.05, 0) is 31.2 Å². The number of aromatic nitrogens is 3. The zero-order valence-corrected chi connectivity index (χ0v) is 12.9. The Morgan fingerprint density at radius 1 is 1.35 bits per heavy atom. The first-order valence-corrected chi connectivity index (χ1v) is 6.78. The molecule has 0 atom stereocenters. The van der Waals surface area contributed by atoms with E-state index in [0.29, 0.717) is 17.8 Å². The maximum absolute atomic E-state index is 11.3. The van der Waals surface area contributed by atoms with Crippen LogP contribution in [0.25, 0.3) is 5.69 Å². The average molecular weight is 314 g/mol. The molecule has 0 fully saturated rings. The van der Waals surface area contributed by atoms with Gasteiger partial charge in [-0.15, -0.1) is 5.10 Å². The van der Waals surface area contributed by atoms with E-state index in [0.717, 1.165) is 5.69 Å². The molecule has 9 heteroatoms. The number of rotatable bonds is 4. The summed E-state index contributed by atoms with van der Waals surface area (Å²) in [6.45, 7) is 1.85. The van der Waals surface area contributed by atoms with Gasteiger partial charge in [-0.1, -0.05) is 5.21 Å². The van der Waals surface area contributed by atoms with Crippen LogP contribution in [-0.2, 0) is 6.54 Å². The molecule has 120 valence electrons. The fourth-order valence-electron chi connectivity index (χ4n) is 1.87. The second-order valence-corrected chi connectivity index (χ2v) is 4.97. The second kappa shape index (κ2) is 6.69. The molecule has 0 unspecified atom stereocenters. The maximum Gasteiger partial charge on any atom is 0.221 e. The highest BCUT2D eigenvalue weighted by Gasteiger charge is 2.09. The van der Waals surface area contributed by atoms with Gasteiger partial charge in [0.25, 0.3) is 0 Å². The quantitative estimate of drug-likeness (QED) is 0.416. The number of Topliss-reactive ketones (excluding diaryl/α,β-unsaturated/α-hetero) is 1. The summed E-state index contributed by atoms with van der Waals surface area (Å²) < 4.78 is 1.59. The van der Waals surface area contributed by atoms with Gasteiger partial charge >= 0.3 is 0 Å². The molecule has 0 spiro atoms. The van der Waals surface area contributed by atoms with Gasteiger partial charge in [0.1, 0.15) is 5.69 Å². The Kier molecular flexibility index (Phi) is 4.69. The Bertz CT molecular complexity index is 742. The molecule has 0 aliphatic rings. The summed E-state index contributed by atoms with van der Waals surface area (Å²) in [4.78, 5) is 16.5. The van der Waals surface area contributed by atoms with Gasteiger partial charge in [0, 0.05) is 12.6 Å². The van der Waals surface area contributed by atoms with Gasteiger partial charge in [0.15, 0.2) is 11.7 Å². The number of ketones is 1. The first kappa shape index (κ1) is 16.1. The zero-order valence-electron chi connectivity index (χ0n) is 12.9. The van der Waals surface area contributed by atoms with Crippen LogP contribution in [0.15, 0.2) is 35.5 Å². The number of nitrogens with zero attached hydrogens (tertiary/aromatic N) is 5.